The minimum Gasteiger partial charge on any atom is -0.506 e. The molecule has 2 aromatic carbocycles. The van der Waals surface area contributed by atoms with Crippen LogP contribution in [0, 0.1) is 0 Å². The van der Waals surface area contributed by atoms with Gasteiger partial charge >= 0.3 is 0 Å². The number of carbonyl (C=O) groups excluding carboxylic acids is 1. The number of aryl methyl sites for hydroxylation is 1. The predicted octanol–water partition coefficient (Wildman–Crippen LogP) is 3.68. The highest BCUT2D eigenvalue weighted by Crippen LogP contribution is 2.32. The molecule has 2 heterocycles. The first-order valence-corrected chi connectivity index (χ1v) is 12.4. The highest BCUT2D eigenvalue weighted by molar-refractivity contribution is 7.93. The summed E-state index contributed by atoms with van der Waals surface area (Å²) in [6.45, 7) is 4.62. The molecule has 0 radical (unpaired) electrons. The molecule has 10 heteroatoms. The van der Waals surface area contributed by atoms with Gasteiger partial charge in [-0.3, -0.25) is 9.10 Å². The van der Waals surface area contributed by atoms with E-state index in [0.717, 1.165) is 5.56 Å². The number of hydrogen-bond acceptors (Lipinski definition) is 7. The van der Waals surface area contributed by atoms with Crippen molar-refractivity contribution >= 4 is 27.3 Å². The summed E-state index contributed by atoms with van der Waals surface area (Å²) in [5.74, 6) is 0.788. The highest BCUT2D eigenvalue weighted by atomic mass is 32.2. The van der Waals surface area contributed by atoms with Gasteiger partial charge in [-0.2, -0.15) is 4.98 Å². The van der Waals surface area contributed by atoms with Crippen molar-refractivity contribution in [2.75, 3.05) is 21.9 Å². The van der Waals surface area contributed by atoms with E-state index in [9.17, 15) is 18.3 Å². The molecule has 0 aliphatic carbocycles. The molecule has 9 nitrogen and oxygen atoms in total. The lowest BCUT2D eigenvalue weighted by Gasteiger charge is -2.18. The third kappa shape index (κ3) is 5.16. The molecule has 0 unspecified atom stereocenters. The number of nitrogens with zero attached hydrogens (tertiary/aromatic N) is 3. The number of carbonyl (C=O) groups is 1. The molecular weight excluding hydrogens is 444 g/mol. The zero-order chi connectivity index (χ0) is 23.6. The number of aromatic nitrogens is 2. The van der Waals surface area contributed by atoms with Crippen LogP contribution in [-0.2, 0) is 21.2 Å². The second-order valence-electron chi connectivity index (χ2n) is 8.28. The Kier molecular flexibility index (Phi) is 6.37. The summed E-state index contributed by atoms with van der Waals surface area (Å²) in [5.41, 5.74) is 2.60. The Labute approximate surface area is 192 Å². The van der Waals surface area contributed by atoms with Crippen LogP contribution >= 0.6 is 0 Å². The maximum atomic E-state index is 12.4. The first-order valence-electron chi connectivity index (χ1n) is 10.8. The van der Waals surface area contributed by atoms with Crippen LogP contribution in [0.25, 0.3) is 11.4 Å². The van der Waals surface area contributed by atoms with Crippen LogP contribution in [0.3, 0.4) is 0 Å². The molecule has 0 saturated carbocycles. The molecule has 4 rings (SSSR count). The largest absolute Gasteiger partial charge is 0.506 e. The molecule has 1 amide bonds. The summed E-state index contributed by atoms with van der Waals surface area (Å²) in [7, 11) is -3.36. The van der Waals surface area contributed by atoms with Gasteiger partial charge in [-0.25, -0.2) is 8.42 Å². The Bertz CT molecular complexity index is 1250. The van der Waals surface area contributed by atoms with Gasteiger partial charge in [0.1, 0.15) is 5.75 Å². The third-order valence-corrected chi connectivity index (χ3v) is 7.38. The maximum Gasteiger partial charge on any atom is 0.235 e. The molecule has 1 aromatic heterocycles. The van der Waals surface area contributed by atoms with Gasteiger partial charge in [-0.05, 0) is 36.1 Å². The fourth-order valence-electron chi connectivity index (χ4n) is 3.63. The van der Waals surface area contributed by atoms with Crippen molar-refractivity contribution in [1.29, 1.82) is 0 Å². The maximum absolute atomic E-state index is 12.4. The van der Waals surface area contributed by atoms with E-state index in [0.29, 0.717) is 36.3 Å². The molecule has 1 aliphatic heterocycles. The van der Waals surface area contributed by atoms with Gasteiger partial charge in [-0.1, -0.05) is 43.3 Å². The first kappa shape index (κ1) is 22.8. The van der Waals surface area contributed by atoms with Gasteiger partial charge in [0.25, 0.3) is 0 Å². The van der Waals surface area contributed by atoms with Crippen molar-refractivity contribution in [1.82, 2.24) is 10.1 Å². The second-order valence-corrected chi connectivity index (χ2v) is 10.3. The van der Waals surface area contributed by atoms with Crippen molar-refractivity contribution in [3.8, 4) is 17.1 Å². The lowest BCUT2D eigenvalue weighted by molar-refractivity contribution is -0.116. The number of nitrogens with one attached hydrogen (secondary N) is 1. The molecule has 3 aromatic rings. The molecule has 1 fully saturated rings. The number of phenolic OH excluding ortho intramolecular Hbond substituents is 1. The van der Waals surface area contributed by atoms with Crippen molar-refractivity contribution in [3.05, 3.63) is 53.9 Å². The van der Waals surface area contributed by atoms with Gasteiger partial charge in [0.05, 0.1) is 17.1 Å². The summed E-state index contributed by atoms with van der Waals surface area (Å²) in [6.07, 6.45) is 0.822. The topological polar surface area (TPSA) is 126 Å². The van der Waals surface area contributed by atoms with Crippen molar-refractivity contribution in [2.24, 2.45) is 0 Å². The zero-order valence-electron chi connectivity index (χ0n) is 18.5. The molecular formula is C23H26N4O5S. The number of hydrogen-bond donors (Lipinski definition) is 2. The smallest absolute Gasteiger partial charge is 0.235 e. The fourth-order valence-corrected chi connectivity index (χ4v) is 5.19. The van der Waals surface area contributed by atoms with Crippen LogP contribution in [0.4, 0.5) is 11.4 Å². The minimum atomic E-state index is -3.36. The van der Waals surface area contributed by atoms with Gasteiger partial charge in [-0.15, -0.1) is 0 Å². The van der Waals surface area contributed by atoms with Gasteiger partial charge in [0, 0.05) is 24.9 Å². The molecule has 1 aliphatic rings. The summed E-state index contributed by atoms with van der Waals surface area (Å²) >= 11 is 0. The van der Waals surface area contributed by atoms with E-state index in [4.69, 9.17) is 4.52 Å². The van der Waals surface area contributed by atoms with Gasteiger partial charge in [0.15, 0.2) is 0 Å². The quantitative estimate of drug-likeness (QED) is 0.505. The number of benzene rings is 2. The number of anilines is 2. The molecule has 0 bridgehead atoms. The molecule has 2 N–H and O–H groups in total. The highest BCUT2D eigenvalue weighted by Gasteiger charge is 2.29. The van der Waals surface area contributed by atoms with Crippen molar-refractivity contribution in [2.45, 2.75) is 39.0 Å². The van der Waals surface area contributed by atoms with Crippen LogP contribution < -0.4 is 9.62 Å². The van der Waals surface area contributed by atoms with Crippen LogP contribution in [-0.4, -0.2) is 41.9 Å². The molecule has 0 spiro atoms. The number of sulfonamides is 1. The monoisotopic (exact) mass is 470 g/mol. The van der Waals surface area contributed by atoms with E-state index in [2.05, 4.69) is 29.3 Å². The number of aromatic hydroxyl groups is 1. The second kappa shape index (κ2) is 9.22. The number of rotatable bonds is 7. The molecule has 0 atom stereocenters. The SMILES string of the molecule is CC(C)c1ccc(-c2noc(CCC(=O)Nc3cc(N4CCCS4(=O)=O)ccc3O)n2)cc1. The van der Waals surface area contributed by atoms with E-state index in [-0.39, 0.29) is 35.9 Å². The first-order chi connectivity index (χ1) is 15.7. The van der Waals surface area contributed by atoms with Crippen LogP contribution in [0.15, 0.2) is 47.0 Å². The number of amides is 1. The van der Waals surface area contributed by atoms with Crippen LogP contribution in [0.1, 0.15) is 44.1 Å². The Balaban J connectivity index is 1.38. The average molecular weight is 471 g/mol. The average Bonchev–Trinajstić information content (AvgIpc) is 3.40. The summed E-state index contributed by atoms with van der Waals surface area (Å²) in [4.78, 5) is 16.8. The number of phenols is 1. The van der Waals surface area contributed by atoms with E-state index < -0.39 is 10.0 Å². The Morgan fingerprint density at radius 3 is 2.64 bits per heavy atom. The third-order valence-electron chi connectivity index (χ3n) is 5.51. The van der Waals surface area contributed by atoms with E-state index in [1.165, 1.54) is 28.1 Å². The fraction of sp³-hybridized carbons (Fsp3) is 0.348. The summed E-state index contributed by atoms with van der Waals surface area (Å²) in [5, 5.41) is 16.7. The zero-order valence-corrected chi connectivity index (χ0v) is 19.3. The van der Waals surface area contributed by atoms with Gasteiger partial charge < -0.3 is 14.9 Å². The molecule has 174 valence electrons. The lowest BCUT2D eigenvalue weighted by atomic mass is 10.0. The summed E-state index contributed by atoms with van der Waals surface area (Å²) in [6, 6.07) is 12.3. The van der Waals surface area contributed by atoms with E-state index >= 15 is 0 Å². The van der Waals surface area contributed by atoms with Crippen LogP contribution in [0.2, 0.25) is 0 Å². The Morgan fingerprint density at radius 2 is 1.97 bits per heavy atom. The van der Waals surface area contributed by atoms with Crippen molar-refractivity contribution in [3.63, 3.8) is 0 Å². The van der Waals surface area contributed by atoms with Crippen molar-refractivity contribution < 1.29 is 22.8 Å². The lowest BCUT2D eigenvalue weighted by Crippen LogP contribution is -2.25. The minimum absolute atomic E-state index is 0.0552. The molecule has 33 heavy (non-hydrogen) atoms. The Hall–Kier alpha value is -3.40. The normalized spacial score (nSPS) is 15.2. The van der Waals surface area contributed by atoms with E-state index in [1.807, 2.05) is 24.3 Å². The Morgan fingerprint density at radius 1 is 1.21 bits per heavy atom. The predicted molar refractivity (Wildman–Crippen MR) is 125 cm³/mol. The van der Waals surface area contributed by atoms with E-state index in [1.54, 1.807) is 0 Å². The van der Waals surface area contributed by atoms with Gasteiger partial charge in [0.2, 0.25) is 27.6 Å². The standard InChI is InChI=1S/C23H26N4O5S/c1-15(2)16-4-6-17(7-5-16)23-25-22(32-26-23)11-10-21(29)24-19-14-18(8-9-20(19)28)27-12-3-13-33(27,30)31/h4-9,14-15,28H,3,10-13H2,1-2H3,(H,24,29). The molecule has 1 saturated heterocycles. The summed E-state index contributed by atoms with van der Waals surface area (Å²) < 4.78 is 30.8. The van der Waals surface area contributed by atoms with Crippen LogP contribution in [0.5, 0.6) is 5.75 Å².